The van der Waals surface area contributed by atoms with Crippen LogP contribution in [0.25, 0.3) is 0 Å². The molecule has 1 aromatic rings. The minimum atomic E-state index is -0.868. The van der Waals surface area contributed by atoms with E-state index in [-0.39, 0.29) is 23.1 Å². The third kappa shape index (κ3) is 4.93. The van der Waals surface area contributed by atoms with Gasteiger partial charge < -0.3 is 4.90 Å². The molecule has 1 spiro atoms. The number of carbonyl (C=O) groups is 2. The topological polar surface area (TPSA) is 40.6 Å². The fraction of sp³-hybridized carbons (Fsp3) is 0.680. The molecule has 0 radical (unpaired) electrons. The fourth-order valence-electron chi connectivity index (χ4n) is 5.75. The van der Waals surface area contributed by atoms with Crippen LogP contribution in [0, 0.1) is 11.3 Å². The quantitative estimate of drug-likeness (QED) is 0.471. The minimum Gasteiger partial charge on any atom is -0.303 e. The number of halogens is 1. The molecule has 3 aliphatic rings. The molecule has 2 amide bonds. The first kappa shape index (κ1) is 21.5. The van der Waals surface area contributed by atoms with E-state index in [2.05, 4.69) is 4.90 Å². The predicted octanol–water partition coefficient (Wildman–Crippen LogP) is 4.90. The summed E-state index contributed by atoms with van der Waals surface area (Å²) in [6.45, 7) is 3.39. The Morgan fingerprint density at radius 3 is 2.17 bits per heavy atom. The van der Waals surface area contributed by atoms with Gasteiger partial charge in [0.05, 0.1) is 0 Å². The number of amides is 2. The van der Waals surface area contributed by atoms with E-state index in [1.165, 1.54) is 4.90 Å². The van der Waals surface area contributed by atoms with E-state index >= 15 is 0 Å². The Kier molecular flexibility index (Phi) is 6.87. The van der Waals surface area contributed by atoms with Gasteiger partial charge >= 0.3 is 0 Å². The van der Waals surface area contributed by atoms with Gasteiger partial charge in [0.15, 0.2) is 0 Å². The van der Waals surface area contributed by atoms with E-state index in [4.69, 9.17) is 0 Å². The molecule has 1 unspecified atom stereocenters. The number of carbonyl (C=O) groups excluding carboxylic acids is 2. The van der Waals surface area contributed by atoms with Gasteiger partial charge in [0.2, 0.25) is 11.8 Å². The molecule has 0 N–H and O–H groups in total. The second-order valence-corrected chi connectivity index (χ2v) is 9.70. The lowest BCUT2D eigenvalue weighted by atomic mass is 9.76. The molecule has 4 rings (SSSR count). The van der Waals surface area contributed by atoms with Crippen LogP contribution in [0.15, 0.2) is 30.3 Å². The van der Waals surface area contributed by atoms with Gasteiger partial charge in [0.1, 0.15) is 6.17 Å². The minimum absolute atomic E-state index is 0.0109. The molecule has 1 aliphatic carbocycles. The second-order valence-electron chi connectivity index (χ2n) is 9.70. The molecule has 1 saturated carbocycles. The number of unbranched alkanes of at least 4 members (excludes halogenated alkanes) is 1. The van der Waals surface area contributed by atoms with Crippen LogP contribution in [-0.4, -0.2) is 47.8 Å². The van der Waals surface area contributed by atoms with Crippen molar-refractivity contribution in [2.45, 2.75) is 70.4 Å². The summed E-state index contributed by atoms with van der Waals surface area (Å²) in [4.78, 5) is 29.0. The Bertz CT molecular complexity index is 704. The zero-order valence-corrected chi connectivity index (χ0v) is 18.0. The Morgan fingerprint density at radius 2 is 1.53 bits per heavy atom. The van der Waals surface area contributed by atoms with Crippen LogP contribution in [0.4, 0.5) is 4.39 Å². The number of piperidine rings is 2. The number of benzene rings is 1. The van der Waals surface area contributed by atoms with E-state index in [1.807, 2.05) is 30.3 Å². The van der Waals surface area contributed by atoms with E-state index in [9.17, 15) is 14.0 Å². The highest BCUT2D eigenvalue weighted by molar-refractivity contribution is 5.98. The highest BCUT2D eigenvalue weighted by Gasteiger charge is 2.44. The number of hydrogen-bond acceptors (Lipinski definition) is 3. The van der Waals surface area contributed by atoms with Crippen LogP contribution in [0.1, 0.15) is 75.9 Å². The molecule has 4 nitrogen and oxygen atoms in total. The van der Waals surface area contributed by atoms with Gasteiger partial charge in [-0.15, -0.1) is 0 Å². The third-order valence-electron chi connectivity index (χ3n) is 7.59. The highest BCUT2D eigenvalue weighted by atomic mass is 19.1. The molecular weight excluding hydrogens is 379 g/mol. The third-order valence-corrected chi connectivity index (χ3v) is 7.59. The number of imide groups is 1. The van der Waals surface area contributed by atoms with Crippen molar-refractivity contribution < 1.29 is 14.0 Å². The number of likely N-dealkylation sites (tertiary alicyclic amines) is 2. The van der Waals surface area contributed by atoms with Gasteiger partial charge in [0, 0.05) is 19.4 Å². The van der Waals surface area contributed by atoms with E-state index in [1.54, 1.807) is 0 Å². The Balaban J connectivity index is 1.15. The molecule has 0 bridgehead atoms. The van der Waals surface area contributed by atoms with Crippen molar-refractivity contribution in [1.82, 2.24) is 9.80 Å². The summed E-state index contributed by atoms with van der Waals surface area (Å²) in [6, 6.07) is 9.51. The predicted molar refractivity (Wildman–Crippen MR) is 116 cm³/mol. The molecular formula is C25H35FN2O2. The lowest BCUT2D eigenvalue weighted by Gasteiger charge is -2.37. The molecule has 5 heteroatoms. The molecule has 2 heterocycles. The van der Waals surface area contributed by atoms with Crippen molar-refractivity contribution >= 4 is 11.8 Å². The largest absolute Gasteiger partial charge is 0.303 e. The van der Waals surface area contributed by atoms with E-state index in [0.29, 0.717) is 19.4 Å². The van der Waals surface area contributed by atoms with Crippen molar-refractivity contribution in [2.24, 2.45) is 11.3 Å². The molecule has 30 heavy (non-hydrogen) atoms. The molecule has 3 fully saturated rings. The summed E-state index contributed by atoms with van der Waals surface area (Å²) in [7, 11) is 0. The SMILES string of the molecule is O=C1CC2(CCCC2)CC(=O)N1CCCCN1CCC(C(F)c2ccccc2)CC1. The maximum Gasteiger partial charge on any atom is 0.229 e. The standard InChI is InChI=1S/C25H35FN2O2/c26-24(20-8-2-1-3-9-20)21-10-16-27(17-11-21)14-6-7-15-28-22(29)18-25(19-23(28)30)12-4-5-13-25/h1-3,8-9,21,24H,4-7,10-19H2. The molecule has 1 atom stereocenters. The lowest BCUT2D eigenvalue weighted by Crippen LogP contribution is -2.47. The second kappa shape index (κ2) is 9.59. The van der Waals surface area contributed by atoms with E-state index in [0.717, 1.165) is 76.6 Å². The summed E-state index contributed by atoms with van der Waals surface area (Å²) in [5, 5.41) is 0. The first-order valence-electron chi connectivity index (χ1n) is 11.8. The average Bonchev–Trinajstić information content (AvgIpc) is 3.20. The zero-order chi connectivity index (χ0) is 21.0. The number of nitrogens with zero attached hydrogens (tertiary/aromatic N) is 2. The van der Waals surface area contributed by atoms with Crippen LogP contribution >= 0.6 is 0 Å². The van der Waals surface area contributed by atoms with Crippen LogP contribution < -0.4 is 0 Å². The van der Waals surface area contributed by atoms with Crippen molar-refractivity contribution in [3.8, 4) is 0 Å². The summed E-state index contributed by atoms with van der Waals surface area (Å²) in [5.74, 6) is 0.197. The monoisotopic (exact) mass is 414 g/mol. The van der Waals surface area contributed by atoms with Crippen LogP contribution in [0.2, 0.25) is 0 Å². The molecule has 0 aromatic heterocycles. The summed E-state index contributed by atoms with van der Waals surface area (Å²) < 4.78 is 14.8. The Morgan fingerprint density at radius 1 is 0.933 bits per heavy atom. The molecule has 164 valence electrons. The first-order chi connectivity index (χ1) is 14.6. The van der Waals surface area contributed by atoms with E-state index < -0.39 is 6.17 Å². The highest BCUT2D eigenvalue weighted by Crippen LogP contribution is 2.46. The Labute approximate surface area is 179 Å². The van der Waals surface area contributed by atoms with Crippen LogP contribution in [0.5, 0.6) is 0 Å². The molecule has 2 aliphatic heterocycles. The smallest absolute Gasteiger partial charge is 0.229 e. The maximum absolute atomic E-state index is 14.8. The zero-order valence-electron chi connectivity index (χ0n) is 18.0. The van der Waals surface area contributed by atoms with Crippen molar-refractivity contribution in [3.63, 3.8) is 0 Å². The maximum atomic E-state index is 14.8. The van der Waals surface area contributed by atoms with Gasteiger partial charge in [-0.05, 0) is 75.1 Å². The molecule has 1 aromatic carbocycles. The fourth-order valence-corrected chi connectivity index (χ4v) is 5.75. The van der Waals surface area contributed by atoms with Crippen molar-refractivity contribution in [2.75, 3.05) is 26.2 Å². The van der Waals surface area contributed by atoms with Crippen molar-refractivity contribution in [1.29, 1.82) is 0 Å². The summed E-state index contributed by atoms with van der Waals surface area (Å²) >= 11 is 0. The lowest BCUT2D eigenvalue weighted by molar-refractivity contribution is -0.153. The van der Waals surface area contributed by atoms with Gasteiger partial charge in [0.25, 0.3) is 0 Å². The Hall–Kier alpha value is -1.75. The first-order valence-corrected chi connectivity index (χ1v) is 11.8. The van der Waals surface area contributed by atoms with Gasteiger partial charge in [-0.1, -0.05) is 43.2 Å². The summed E-state index contributed by atoms with van der Waals surface area (Å²) in [5.41, 5.74) is 0.787. The number of alkyl halides is 1. The summed E-state index contributed by atoms with van der Waals surface area (Å²) in [6.07, 6.45) is 8.28. The number of hydrogen-bond donors (Lipinski definition) is 0. The van der Waals surface area contributed by atoms with Gasteiger partial charge in [-0.3, -0.25) is 14.5 Å². The van der Waals surface area contributed by atoms with Crippen LogP contribution in [-0.2, 0) is 9.59 Å². The molecule has 2 saturated heterocycles. The normalized spacial score (nSPS) is 24.0. The van der Waals surface area contributed by atoms with Crippen molar-refractivity contribution in [3.05, 3.63) is 35.9 Å². The average molecular weight is 415 g/mol. The van der Waals surface area contributed by atoms with Gasteiger partial charge in [-0.2, -0.15) is 0 Å². The van der Waals surface area contributed by atoms with Gasteiger partial charge in [-0.25, -0.2) is 4.39 Å². The van der Waals surface area contributed by atoms with Crippen LogP contribution in [0.3, 0.4) is 0 Å². The number of rotatable bonds is 7.